The first-order valence-corrected chi connectivity index (χ1v) is 5.57. The second-order valence-electron chi connectivity index (χ2n) is 3.71. The van der Waals surface area contributed by atoms with Gasteiger partial charge in [0.25, 0.3) is 0 Å². The van der Waals surface area contributed by atoms with Crippen LogP contribution in [0.15, 0.2) is 36.4 Å². The molecule has 0 atom stereocenters. The third kappa shape index (κ3) is 2.84. The van der Waals surface area contributed by atoms with E-state index in [1.807, 2.05) is 0 Å². The summed E-state index contributed by atoms with van der Waals surface area (Å²) >= 11 is 5.74. The van der Waals surface area contributed by atoms with Gasteiger partial charge in [0.15, 0.2) is 0 Å². The highest BCUT2D eigenvalue weighted by molar-refractivity contribution is 6.29. The first kappa shape index (κ1) is 12.5. The Balaban J connectivity index is 2.52. The average Bonchev–Trinajstić information content (AvgIpc) is 2.28. The maximum atomic E-state index is 13.2. The van der Waals surface area contributed by atoms with E-state index in [2.05, 4.69) is 4.98 Å². The van der Waals surface area contributed by atoms with Crippen LogP contribution in [-0.2, 0) is 11.2 Å². The summed E-state index contributed by atoms with van der Waals surface area (Å²) in [4.78, 5) is 14.8. The third-order valence-corrected chi connectivity index (χ3v) is 2.60. The van der Waals surface area contributed by atoms with Crippen molar-refractivity contribution in [2.45, 2.75) is 6.42 Å². The predicted molar refractivity (Wildman–Crippen MR) is 66.0 cm³/mol. The highest BCUT2D eigenvalue weighted by Gasteiger charge is 2.11. The number of halogens is 2. The van der Waals surface area contributed by atoms with Crippen LogP contribution in [0.3, 0.4) is 0 Å². The van der Waals surface area contributed by atoms with Crippen molar-refractivity contribution >= 4 is 17.6 Å². The minimum absolute atomic E-state index is 0.214. The summed E-state index contributed by atoms with van der Waals surface area (Å²) in [5.41, 5.74) is 1.47. The number of carbonyl (C=O) groups is 1. The molecule has 5 heteroatoms. The molecule has 92 valence electrons. The summed E-state index contributed by atoms with van der Waals surface area (Å²) in [5.74, 6) is -1.40. The van der Waals surface area contributed by atoms with Gasteiger partial charge in [0.1, 0.15) is 11.0 Å². The molecule has 0 saturated heterocycles. The number of nitrogens with zero attached hydrogens (tertiary/aromatic N) is 1. The highest BCUT2D eigenvalue weighted by atomic mass is 35.5. The third-order valence-electron chi connectivity index (χ3n) is 2.39. The molecule has 0 aliphatic heterocycles. The van der Waals surface area contributed by atoms with Gasteiger partial charge in [-0.25, -0.2) is 9.37 Å². The Hall–Kier alpha value is -1.94. The van der Waals surface area contributed by atoms with Gasteiger partial charge in [0.2, 0.25) is 0 Å². The van der Waals surface area contributed by atoms with E-state index in [-0.39, 0.29) is 17.4 Å². The van der Waals surface area contributed by atoms with Crippen LogP contribution in [0.2, 0.25) is 5.15 Å². The van der Waals surface area contributed by atoms with Gasteiger partial charge in [-0.2, -0.15) is 0 Å². The van der Waals surface area contributed by atoms with Crippen molar-refractivity contribution < 1.29 is 14.3 Å². The van der Waals surface area contributed by atoms with Crippen molar-refractivity contribution in [1.82, 2.24) is 4.98 Å². The molecule has 1 heterocycles. The van der Waals surface area contributed by atoms with Crippen molar-refractivity contribution in [2.24, 2.45) is 0 Å². The van der Waals surface area contributed by atoms with E-state index >= 15 is 0 Å². The topological polar surface area (TPSA) is 50.2 Å². The van der Waals surface area contributed by atoms with Crippen LogP contribution in [0.1, 0.15) is 5.69 Å². The zero-order chi connectivity index (χ0) is 13.1. The second kappa shape index (κ2) is 5.14. The fraction of sp³-hybridized carbons (Fsp3) is 0.0769. The van der Waals surface area contributed by atoms with Gasteiger partial charge in [0, 0.05) is 5.56 Å². The zero-order valence-corrected chi connectivity index (χ0v) is 9.99. The largest absolute Gasteiger partial charge is 0.481 e. The van der Waals surface area contributed by atoms with Gasteiger partial charge >= 0.3 is 5.97 Å². The summed E-state index contributed by atoms with van der Waals surface area (Å²) in [6.45, 7) is 0. The molecule has 0 bridgehead atoms. The van der Waals surface area contributed by atoms with Crippen LogP contribution in [0.4, 0.5) is 4.39 Å². The molecule has 2 rings (SSSR count). The Bertz CT molecular complexity index is 601. The zero-order valence-electron chi connectivity index (χ0n) is 9.23. The van der Waals surface area contributed by atoms with Crippen LogP contribution in [-0.4, -0.2) is 16.1 Å². The molecule has 18 heavy (non-hydrogen) atoms. The van der Waals surface area contributed by atoms with Crippen molar-refractivity contribution in [3.8, 4) is 11.1 Å². The van der Waals surface area contributed by atoms with Gasteiger partial charge in [-0.3, -0.25) is 4.79 Å². The number of carboxylic acid groups (broad SMARTS) is 1. The Kier molecular flexibility index (Phi) is 3.58. The number of hydrogen-bond donors (Lipinski definition) is 1. The molecule has 0 amide bonds. The molecule has 0 unspecified atom stereocenters. The molecule has 1 aromatic heterocycles. The molecule has 0 radical (unpaired) electrons. The molecule has 0 spiro atoms. The Morgan fingerprint density at radius 1 is 1.33 bits per heavy atom. The second-order valence-corrected chi connectivity index (χ2v) is 4.10. The summed E-state index contributed by atoms with van der Waals surface area (Å²) in [6, 6.07) is 9.10. The quantitative estimate of drug-likeness (QED) is 0.867. The first-order valence-electron chi connectivity index (χ1n) is 5.19. The number of benzene rings is 1. The van der Waals surface area contributed by atoms with Gasteiger partial charge in [-0.15, -0.1) is 0 Å². The molecule has 3 nitrogen and oxygen atoms in total. The summed E-state index contributed by atoms with van der Waals surface area (Å²) in [7, 11) is 0. The lowest BCUT2D eigenvalue weighted by molar-refractivity contribution is -0.136. The number of carboxylic acids is 1. The smallest absolute Gasteiger partial charge is 0.309 e. The number of aliphatic carboxylic acids is 1. The SMILES string of the molecule is O=C(O)Cc1nc(Cl)ccc1-c1cccc(F)c1. The van der Waals surface area contributed by atoms with Gasteiger partial charge in [-0.1, -0.05) is 23.7 Å². The van der Waals surface area contributed by atoms with Gasteiger partial charge in [0.05, 0.1) is 12.1 Å². The van der Waals surface area contributed by atoms with E-state index < -0.39 is 5.97 Å². The van der Waals surface area contributed by atoms with Crippen molar-refractivity contribution in [3.63, 3.8) is 0 Å². The fourth-order valence-electron chi connectivity index (χ4n) is 1.67. The van der Waals surface area contributed by atoms with E-state index in [0.717, 1.165) is 0 Å². The Morgan fingerprint density at radius 2 is 2.11 bits per heavy atom. The highest BCUT2D eigenvalue weighted by Crippen LogP contribution is 2.25. The minimum Gasteiger partial charge on any atom is -0.481 e. The average molecular weight is 266 g/mol. The molecule has 0 saturated carbocycles. The maximum absolute atomic E-state index is 13.2. The standard InChI is InChI=1S/C13H9ClFNO2/c14-12-5-4-10(11(16-12)7-13(17)18)8-2-1-3-9(15)6-8/h1-6H,7H2,(H,17,18). The molecular formula is C13H9ClFNO2. The summed E-state index contributed by atoms with van der Waals surface area (Å²) in [6.07, 6.45) is -0.258. The molecule has 1 N–H and O–H groups in total. The van der Waals surface area contributed by atoms with E-state index in [1.165, 1.54) is 12.1 Å². The van der Waals surface area contributed by atoms with Gasteiger partial charge in [-0.05, 0) is 29.8 Å². The maximum Gasteiger partial charge on any atom is 0.309 e. The number of hydrogen-bond acceptors (Lipinski definition) is 2. The Morgan fingerprint density at radius 3 is 2.78 bits per heavy atom. The lowest BCUT2D eigenvalue weighted by Gasteiger charge is -2.07. The number of pyridine rings is 1. The van der Waals surface area contributed by atoms with Crippen LogP contribution in [0.25, 0.3) is 11.1 Å². The van der Waals surface area contributed by atoms with E-state index in [0.29, 0.717) is 16.8 Å². The normalized spacial score (nSPS) is 10.3. The van der Waals surface area contributed by atoms with Gasteiger partial charge < -0.3 is 5.11 Å². The lowest BCUT2D eigenvalue weighted by atomic mass is 10.0. The molecule has 0 aliphatic carbocycles. The van der Waals surface area contributed by atoms with Crippen LogP contribution < -0.4 is 0 Å². The molecule has 2 aromatic rings. The van der Waals surface area contributed by atoms with E-state index in [1.54, 1.807) is 24.3 Å². The van der Waals surface area contributed by atoms with Crippen molar-refractivity contribution in [3.05, 3.63) is 53.1 Å². The van der Waals surface area contributed by atoms with E-state index in [9.17, 15) is 9.18 Å². The van der Waals surface area contributed by atoms with Crippen LogP contribution in [0.5, 0.6) is 0 Å². The molecular weight excluding hydrogens is 257 g/mol. The summed E-state index contributed by atoms with van der Waals surface area (Å²) < 4.78 is 13.2. The van der Waals surface area contributed by atoms with E-state index in [4.69, 9.17) is 16.7 Å². The van der Waals surface area contributed by atoms with Crippen LogP contribution in [0, 0.1) is 5.82 Å². The Labute approximate surface area is 108 Å². The molecule has 0 fully saturated rings. The van der Waals surface area contributed by atoms with Crippen LogP contribution >= 0.6 is 11.6 Å². The first-order chi connectivity index (χ1) is 8.56. The molecule has 0 aliphatic rings. The molecule has 1 aromatic carbocycles. The fourth-order valence-corrected chi connectivity index (χ4v) is 1.84. The number of aromatic nitrogens is 1. The minimum atomic E-state index is -1.01. The number of rotatable bonds is 3. The lowest BCUT2D eigenvalue weighted by Crippen LogP contribution is -2.04. The monoisotopic (exact) mass is 265 g/mol. The summed E-state index contributed by atoms with van der Waals surface area (Å²) in [5, 5.41) is 9.04. The van der Waals surface area contributed by atoms with Crippen molar-refractivity contribution in [2.75, 3.05) is 0 Å². The predicted octanol–water partition coefficient (Wildman–Crippen LogP) is 3.17. The van der Waals surface area contributed by atoms with Crippen molar-refractivity contribution in [1.29, 1.82) is 0 Å².